The first kappa shape index (κ1) is 41.8. The Balaban J connectivity index is 0.907. The number of hydrogen-bond donors (Lipinski definition) is 0. The third-order valence-corrected chi connectivity index (χ3v) is 19.1. The predicted octanol–water partition coefficient (Wildman–Crippen LogP) is 19.3. The van der Waals surface area contributed by atoms with Gasteiger partial charge in [-0.15, -0.1) is 11.3 Å². The zero-order valence-corrected chi connectivity index (χ0v) is 42.5. The van der Waals surface area contributed by atoms with Gasteiger partial charge in [-0.25, -0.2) is 0 Å². The highest BCUT2D eigenvalue weighted by Crippen LogP contribution is 2.65. The van der Waals surface area contributed by atoms with Crippen LogP contribution in [0.1, 0.15) is 44.5 Å². The lowest BCUT2D eigenvalue weighted by molar-refractivity contribution is 0.748. The van der Waals surface area contributed by atoms with Crippen LogP contribution < -0.4 is 4.90 Å². The summed E-state index contributed by atoms with van der Waals surface area (Å²) in [5.74, 6) is 0. The van der Waals surface area contributed by atoms with E-state index in [0.29, 0.717) is 0 Å². The molecular weight excluding hydrogens is 949 g/mol. The second-order valence-corrected chi connectivity index (χ2v) is 22.5. The molecule has 0 bridgehead atoms. The maximum Gasteiger partial charge on any atom is 0.0755 e. The number of rotatable bonds is 4. The molecular formula is C74H44N2S. The summed E-state index contributed by atoms with van der Waals surface area (Å²) in [5.41, 5.74) is 26.8. The Morgan fingerprint density at radius 3 is 1.38 bits per heavy atom. The lowest BCUT2D eigenvalue weighted by atomic mass is 9.65. The van der Waals surface area contributed by atoms with Crippen molar-refractivity contribution in [2.45, 2.75) is 10.8 Å². The molecule has 0 saturated heterocycles. The molecule has 2 nitrogen and oxygen atoms in total. The van der Waals surface area contributed by atoms with Crippen LogP contribution in [0.2, 0.25) is 0 Å². The van der Waals surface area contributed by atoms with Gasteiger partial charge in [-0.05, 0) is 150 Å². The topological polar surface area (TPSA) is 8.17 Å². The van der Waals surface area contributed by atoms with Crippen molar-refractivity contribution in [3.05, 3.63) is 311 Å². The summed E-state index contributed by atoms with van der Waals surface area (Å²) in [6, 6.07) is 101. The van der Waals surface area contributed by atoms with Gasteiger partial charge in [-0.2, -0.15) is 0 Å². The molecule has 1 aliphatic heterocycles. The van der Waals surface area contributed by atoms with Gasteiger partial charge in [-0.3, -0.25) is 0 Å². The summed E-state index contributed by atoms with van der Waals surface area (Å²) in [4.78, 5) is 2.54. The molecule has 77 heavy (non-hydrogen) atoms. The van der Waals surface area contributed by atoms with E-state index in [-0.39, 0.29) is 0 Å². The Morgan fingerprint density at radius 1 is 0.299 bits per heavy atom. The van der Waals surface area contributed by atoms with Crippen LogP contribution in [0.4, 0.5) is 17.1 Å². The third-order valence-electron chi connectivity index (χ3n) is 18.0. The second-order valence-electron chi connectivity index (χ2n) is 21.4. The van der Waals surface area contributed by atoms with Crippen LogP contribution in [0.5, 0.6) is 0 Å². The molecule has 3 heteroatoms. The van der Waals surface area contributed by atoms with Gasteiger partial charge in [0.15, 0.2) is 0 Å². The Hall–Kier alpha value is -9.54. The van der Waals surface area contributed by atoms with Crippen molar-refractivity contribution in [3.8, 4) is 50.2 Å². The molecule has 1 atom stereocenters. The number of hydrogen-bond acceptors (Lipinski definition) is 2. The van der Waals surface area contributed by atoms with Crippen LogP contribution >= 0.6 is 11.3 Å². The van der Waals surface area contributed by atoms with Crippen molar-refractivity contribution in [2.24, 2.45) is 0 Å². The fourth-order valence-electron chi connectivity index (χ4n) is 15.2. The van der Waals surface area contributed by atoms with E-state index in [9.17, 15) is 0 Å². The number of para-hydroxylation sites is 3. The molecule has 3 aliphatic carbocycles. The monoisotopic (exact) mass is 992 g/mol. The smallest absolute Gasteiger partial charge is 0.0755 e. The van der Waals surface area contributed by atoms with Crippen LogP contribution in [0.15, 0.2) is 267 Å². The number of fused-ring (bicyclic) bond motifs is 25. The van der Waals surface area contributed by atoms with Crippen LogP contribution in [-0.2, 0) is 10.8 Å². The highest BCUT2D eigenvalue weighted by Gasteiger charge is 2.53. The summed E-state index contributed by atoms with van der Waals surface area (Å²) >= 11 is 1.87. The summed E-state index contributed by atoms with van der Waals surface area (Å²) < 4.78 is 5.17. The molecule has 0 radical (unpaired) electrons. The lowest BCUT2D eigenvalue weighted by Gasteiger charge is -2.40. The number of aromatic nitrogens is 1. The van der Waals surface area contributed by atoms with Gasteiger partial charge in [0.1, 0.15) is 0 Å². The van der Waals surface area contributed by atoms with E-state index in [1.807, 2.05) is 11.3 Å². The molecule has 0 saturated carbocycles. The van der Waals surface area contributed by atoms with Crippen LogP contribution in [0.3, 0.4) is 0 Å². The molecule has 14 aromatic rings. The minimum Gasteiger partial charge on any atom is -0.310 e. The highest BCUT2D eigenvalue weighted by molar-refractivity contribution is 7.25. The standard InChI is InChI=1S/C74H44N2S/c1-7-25-59-50(17-1)51-18-2-8-26-60(51)73(59)61-27-9-3-19-52(61)54-41-39-47(43-65(54)73)75(46-37-35-45(36-38-46)49-23-16-34-70-71(49)58-22-6-14-33-69(58)77-70)48-40-42-55-53-20-4-10-28-62(53)74(66(55)44-48)63-29-11-13-32-68(63)76-67-31-12-5-21-56(67)57-24-15-30-64(74)72(57)76/h1-44H. The van der Waals surface area contributed by atoms with Gasteiger partial charge in [0.25, 0.3) is 0 Å². The Morgan fingerprint density at radius 2 is 0.740 bits per heavy atom. The zero-order valence-electron chi connectivity index (χ0n) is 41.7. The normalized spacial score (nSPS) is 15.4. The van der Waals surface area contributed by atoms with Crippen molar-refractivity contribution in [2.75, 3.05) is 4.90 Å². The molecule has 1 unspecified atom stereocenters. The average Bonchev–Trinajstić information content (AvgIpc) is 4.40. The lowest BCUT2D eigenvalue weighted by Crippen LogP contribution is -2.33. The minimum atomic E-state index is -0.596. The maximum atomic E-state index is 2.55. The molecule has 2 spiro atoms. The first-order valence-electron chi connectivity index (χ1n) is 26.8. The maximum absolute atomic E-state index is 2.55. The average molecular weight is 993 g/mol. The van der Waals surface area contributed by atoms with E-state index in [0.717, 1.165) is 17.1 Å². The molecule has 0 amide bonds. The fourth-order valence-corrected chi connectivity index (χ4v) is 16.3. The van der Waals surface area contributed by atoms with Crippen molar-refractivity contribution in [3.63, 3.8) is 0 Å². The molecule has 0 fully saturated rings. The summed E-state index contributed by atoms with van der Waals surface area (Å²) in [7, 11) is 0. The molecule has 356 valence electrons. The molecule has 3 heterocycles. The quantitative estimate of drug-likeness (QED) is 0.171. The van der Waals surface area contributed by atoms with E-state index in [1.54, 1.807) is 0 Å². The first-order valence-corrected chi connectivity index (χ1v) is 27.6. The number of anilines is 3. The summed E-state index contributed by atoms with van der Waals surface area (Å²) in [6.45, 7) is 0. The van der Waals surface area contributed by atoms with Crippen LogP contribution in [0, 0.1) is 0 Å². The predicted molar refractivity (Wildman–Crippen MR) is 321 cm³/mol. The Labute approximate surface area is 449 Å². The van der Waals surface area contributed by atoms with Crippen LogP contribution in [0.25, 0.3) is 92.2 Å². The molecule has 18 rings (SSSR count). The van der Waals surface area contributed by atoms with Gasteiger partial charge in [0.2, 0.25) is 0 Å². The van der Waals surface area contributed by atoms with E-state index in [4.69, 9.17) is 0 Å². The van der Waals surface area contributed by atoms with E-state index < -0.39 is 10.8 Å². The SMILES string of the molecule is c1ccc2c(c1)-c1ccccc1C21c2ccccc2-c2ccc(N(c3ccc(-c4cccc5sc6ccccc6c45)cc3)c3ccc4c(c3)C3(c5ccccc5-4)c4ccccc4-n4c5ccccc5c5cccc3c54)cc21. The van der Waals surface area contributed by atoms with Gasteiger partial charge < -0.3 is 9.47 Å². The number of benzene rings is 12. The van der Waals surface area contributed by atoms with Gasteiger partial charge in [0.05, 0.1) is 27.6 Å². The molecule has 0 N–H and O–H groups in total. The van der Waals surface area contributed by atoms with Gasteiger partial charge in [0, 0.05) is 48.0 Å². The summed E-state index contributed by atoms with van der Waals surface area (Å²) in [6.07, 6.45) is 0. The Kier molecular flexibility index (Phi) is 8.18. The van der Waals surface area contributed by atoms with Crippen molar-refractivity contribution in [1.82, 2.24) is 4.57 Å². The highest BCUT2D eigenvalue weighted by atomic mass is 32.1. The van der Waals surface area contributed by atoms with Crippen molar-refractivity contribution in [1.29, 1.82) is 0 Å². The largest absolute Gasteiger partial charge is 0.310 e. The zero-order chi connectivity index (χ0) is 50.1. The minimum absolute atomic E-state index is 0.487. The van der Waals surface area contributed by atoms with Crippen molar-refractivity contribution >= 4 is 70.4 Å². The van der Waals surface area contributed by atoms with E-state index in [2.05, 4.69) is 276 Å². The molecule has 2 aromatic heterocycles. The third kappa shape index (κ3) is 5.15. The second kappa shape index (κ2) is 15.1. The van der Waals surface area contributed by atoms with E-state index >= 15 is 0 Å². The fraction of sp³-hybridized carbons (Fsp3) is 0.0270. The summed E-state index contributed by atoms with van der Waals surface area (Å²) in [5, 5.41) is 5.19. The first-order chi connectivity index (χ1) is 38.2. The number of nitrogens with zero attached hydrogens (tertiary/aromatic N) is 2. The molecule has 12 aromatic carbocycles. The number of thiophene rings is 1. The van der Waals surface area contributed by atoms with Gasteiger partial charge >= 0.3 is 0 Å². The Bertz CT molecular complexity index is 4830. The van der Waals surface area contributed by atoms with Gasteiger partial charge in [-0.1, -0.05) is 206 Å². The van der Waals surface area contributed by atoms with Crippen molar-refractivity contribution < 1.29 is 0 Å². The molecule has 4 aliphatic rings. The van der Waals surface area contributed by atoms with Crippen LogP contribution in [-0.4, -0.2) is 4.57 Å². The van der Waals surface area contributed by atoms with E-state index in [1.165, 1.54) is 137 Å².